The van der Waals surface area contributed by atoms with E-state index < -0.39 is 0 Å². The van der Waals surface area contributed by atoms with Gasteiger partial charge in [0.1, 0.15) is 5.75 Å². The second-order valence-electron chi connectivity index (χ2n) is 3.88. The Labute approximate surface area is 109 Å². The Hall–Kier alpha value is -1.10. The molecule has 1 aromatic carbocycles. The quantitative estimate of drug-likeness (QED) is 0.722. The maximum Gasteiger partial charge on any atom is 0.176 e. The van der Waals surface area contributed by atoms with Crippen LogP contribution in [0.2, 0.25) is 0 Å². The van der Waals surface area contributed by atoms with Gasteiger partial charge in [-0.25, -0.2) is 0 Å². The lowest BCUT2D eigenvalue weighted by molar-refractivity contribution is -0.123. The van der Waals surface area contributed by atoms with Crippen LogP contribution in [0.5, 0.6) is 5.75 Å². The summed E-state index contributed by atoms with van der Waals surface area (Å²) in [6, 6.07) is 7.98. The van der Waals surface area contributed by atoms with Crippen LogP contribution in [-0.4, -0.2) is 33.7 Å². The Morgan fingerprint density at radius 1 is 1.17 bits per heavy atom. The van der Waals surface area contributed by atoms with Crippen LogP contribution < -0.4 is 10.1 Å². The first-order valence-corrected chi connectivity index (χ1v) is 6.28. The van der Waals surface area contributed by atoms with Crippen molar-refractivity contribution in [3.63, 3.8) is 0 Å². The molecule has 0 saturated carbocycles. The molecule has 0 spiro atoms. The van der Waals surface area contributed by atoms with Crippen molar-refractivity contribution < 1.29 is 14.2 Å². The van der Waals surface area contributed by atoms with E-state index in [0.29, 0.717) is 6.61 Å². The maximum atomic E-state index is 5.51. The van der Waals surface area contributed by atoms with Crippen molar-refractivity contribution in [1.82, 2.24) is 5.32 Å². The zero-order valence-corrected chi connectivity index (χ0v) is 11.6. The van der Waals surface area contributed by atoms with E-state index in [2.05, 4.69) is 12.2 Å². The Bertz CT molecular complexity index is 340. The molecule has 0 amide bonds. The third-order valence-corrected chi connectivity index (χ3v) is 2.69. The van der Waals surface area contributed by atoms with Crippen LogP contribution in [0.4, 0.5) is 0 Å². The Balaban J connectivity index is 2.93. The van der Waals surface area contributed by atoms with Gasteiger partial charge in [-0.15, -0.1) is 0 Å². The van der Waals surface area contributed by atoms with E-state index in [0.717, 1.165) is 17.9 Å². The first kappa shape index (κ1) is 15.0. The topological polar surface area (TPSA) is 39.7 Å². The van der Waals surface area contributed by atoms with Gasteiger partial charge in [0.2, 0.25) is 0 Å². The van der Waals surface area contributed by atoms with E-state index in [4.69, 9.17) is 14.2 Å². The van der Waals surface area contributed by atoms with E-state index >= 15 is 0 Å². The number of rotatable bonds is 8. The van der Waals surface area contributed by atoms with Crippen molar-refractivity contribution in [3.05, 3.63) is 29.8 Å². The van der Waals surface area contributed by atoms with Gasteiger partial charge in [0.25, 0.3) is 0 Å². The second kappa shape index (κ2) is 8.08. The standard InChI is InChI=1S/C14H23NO3/c1-5-15-13(14(16-3)17-4)11-8-7-9-12(10-11)18-6-2/h7-10,13-15H,5-6H2,1-4H3. The highest BCUT2D eigenvalue weighted by atomic mass is 16.7. The SMILES string of the molecule is CCNC(c1cccc(OCC)c1)C(OC)OC. The van der Waals surface area contributed by atoms with Gasteiger partial charge >= 0.3 is 0 Å². The monoisotopic (exact) mass is 253 g/mol. The minimum absolute atomic E-state index is 0.00888. The molecule has 0 fully saturated rings. The predicted molar refractivity (Wildman–Crippen MR) is 71.8 cm³/mol. The normalized spacial score (nSPS) is 12.7. The molecule has 0 aliphatic carbocycles. The van der Waals surface area contributed by atoms with Gasteiger partial charge in [-0.1, -0.05) is 19.1 Å². The van der Waals surface area contributed by atoms with E-state index in [1.54, 1.807) is 14.2 Å². The number of hydrogen-bond donors (Lipinski definition) is 1. The van der Waals surface area contributed by atoms with Crippen LogP contribution in [0, 0.1) is 0 Å². The first-order chi connectivity index (χ1) is 8.76. The second-order valence-corrected chi connectivity index (χ2v) is 3.88. The largest absolute Gasteiger partial charge is 0.494 e. The van der Waals surface area contributed by atoms with Gasteiger partial charge in [0.05, 0.1) is 12.6 Å². The van der Waals surface area contributed by atoms with Gasteiger partial charge in [0, 0.05) is 14.2 Å². The molecule has 0 heterocycles. The molecule has 4 heteroatoms. The van der Waals surface area contributed by atoms with Crippen molar-refractivity contribution in [2.75, 3.05) is 27.4 Å². The molecular formula is C14H23NO3. The van der Waals surface area contributed by atoms with Gasteiger partial charge < -0.3 is 19.5 Å². The smallest absolute Gasteiger partial charge is 0.176 e. The molecule has 4 nitrogen and oxygen atoms in total. The van der Waals surface area contributed by atoms with Gasteiger partial charge in [-0.2, -0.15) is 0 Å². The molecule has 102 valence electrons. The highest BCUT2D eigenvalue weighted by Crippen LogP contribution is 2.23. The molecule has 0 aromatic heterocycles. The number of hydrogen-bond acceptors (Lipinski definition) is 4. The summed E-state index contributed by atoms with van der Waals surface area (Å²) in [6.07, 6.45) is -0.318. The lowest BCUT2D eigenvalue weighted by Crippen LogP contribution is -2.34. The van der Waals surface area contributed by atoms with Gasteiger partial charge in [-0.3, -0.25) is 0 Å². The van der Waals surface area contributed by atoms with Crippen molar-refractivity contribution in [1.29, 1.82) is 0 Å². The number of likely N-dealkylation sites (N-methyl/N-ethyl adjacent to an activating group) is 1. The zero-order chi connectivity index (χ0) is 13.4. The third-order valence-electron chi connectivity index (χ3n) is 2.69. The third kappa shape index (κ3) is 3.98. The molecule has 1 rings (SSSR count). The van der Waals surface area contributed by atoms with E-state index in [-0.39, 0.29) is 12.3 Å². The minimum atomic E-state index is -0.318. The molecule has 18 heavy (non-hydrogen) atoms. The Morgan fingerprint density at radius 2 is 1.89 bits per heavy atom. The van der Waals surface area contributed by atoms with Crippen molar-refractivity contribution >= 4 is 0 Å². The summed E-state index contributed by atoms with van der Waals surface area (Å²) < 4.78 is 16.2. The lowest BCUT2D eigenvalue weighted by atomic mass is 10.1. The van der Waals surface area contributed by atoms with E-state index in [1.165, 1.54) is 0 Å². The molecule has 0 aliphatic rings. The number of benzene rings is 1. The van der Waals surface area contributed by atoms with Gasteiger partial charge in [-0.05, 0) is 31.2 Å². The summed E-state index contributed by atoms with van der Waals surface area (Å²) in [4.78, 5) is 0. The van der Waals surface area contributed by atoms with Crippen LogP contribution in [-0.2, 0) is 9.47 Å². The molecule has 0 saturated heterocycles. The average Bonchev–Trinajstić information content (AvgIpc) is 2.40. The summed E-state index contributed by atoms with van der Waals surface area (Å²) in [5.74, 6) is 0.865. The fourth-order valence-corrected chi connectivity index (χ4v) is 1.92. The molecule has 0 bridgehead atoms. The molecule has 0 aliphatic heterocycles. The molecule has 1 atom stereocenters. The minimum Gasteiger partial charge on any atom is -0.494 e. The summed E-state index contributed by atoms with van der Waals surface area (Å²) in [5, 5.41) is 3.36. The van der Waals surface area contributed by atoms with E-state index in [1.807, 2.05) is 31.2 Å². The Morgan fingerprint density at radius 3 is 2.44 bits per heavy atom. The number of methoxy groups -OCH3 is 2. The fourth-order valence-electron chi connectivity index (χ4n) is 1.92. The molecule has 1 N–H and O–H groups in total. The lowest BCUT2D eigenvalue weighted by Gasteiger charge is -2.26. The number of nitrogens with one attached hydrogen (secondary N) is 1. The summed E-state index contributed by atoms with van der Waals surface area (Å²) >= 11 is 0. The van der Waals surface area contributed by atoms with E-state index in [9.17, 15) is 0 Å². The number of ether oxygens (including phenoxy) is 3. The zero-order valence-electron chi connectivity index (χ0n) is 11.6. The van der Waals surface area contributed by atoms with Crippen molar-refractivity contribution in [2.24, 2.45) is 0 Å². The maximum absolute atomic E-state index is 5.51. The molecular weight excluding hydrogens is 230 g/mol. The highest BCUT2D eigenvalue weighted by molar-refractivity contribution is 5.31. The van der Waals surface area contributed by atoms with Crippen LogP contribution in [0.15, 0.2) is 24.3 Å². The fraction of sp³-hybridized carbons (Fsp3) is 0.571. The van der Waals surface area contributed by atoms with Crippen LogP contribution in [0.25, 0.3) is 0 Å². The molecule has 1 unspecified atom stereocenters. The van der Waals surface area contributed by atoms with Crippen molar-refractivity contribution in [2.45, 2.75) is 26.2 Å². The average molecular weight is 253 g/mol. The molecule has 0 radical (unpaired) electrons. The van der Waals surface area contributed by atoms with Crippen LogP contribution in [0.3, 0.4) is 0 Å². The first-order valence-electron chi connectivity index (χ1n) is 6.28. The van der Waals surface area contributed by atoms with Crippen molar-refractivity contribution in [3.8, 4) is 5.75 Å². The summed E-state index contributed by atoms with van der Waals surface area (Å²) in [7, 11) is 3.29. The summed E-state index contributed by atoms with van der Waals surface area (Å²) in [6.45, 7) is 5.53. The van der Waals surface area contributed by atoms with Crippen LogP contribution in [0.1, 0.15) is 25.5 Å². The molecule has 1 aromatic rings. The summed E-state index contributed by atoms with van der Waals surface area (Å²) in [5.41, 5.74) is 1.09. The Kier molecular flexibility index (Phi) is 6.72. The van der Waals surface area contributed by atoms with Gasteiger partial charge in [0.15, 0.2) is 6.29 Å². The highest BCUT2D eigenvalue weighted by Gasteiger charge is 2.22. The predicted octanol–water partition coefficient (Wildman–Crippen LogP) is 2.35. The van der Waals surface area contributed by atoms with Crippen LogP contribution >= 0.6 is 0 Å².